The lowest BCUT2D eigenvalue weighted by molar-refractivity contribution is -0.115. The number of amides is 2. The number of hydrogen-bond acceptors (Lipinski definition) is 6. The van der Waals surface area contributed by atoms with Gasteiger partial charge in [0.1, 0.15) is 11.7 Å². The van der Waals surface area contributed by atoms with E-state index in [1.807, 2.05) is 49.4 Å². The van der Waals surface area contributed by atoms with Gasteiger partial charge in [-0.05, 0) is 43.7 Å². The number of carbonyl (C=O) groups excluding carboxylic acids is 2. The summed E-state index contributed by atoms with van der Waals surface area (Å²) in [6.07, 6.45) is 0. The lowest BCUT2D eigenvalue weighted by atomic mass is 9.78. The van der Waals surface area contributed by atoms with Crippen LogP contribution in [0.4, 0.5) is 5.69 Å². The Labute approximate surface area is 191 Å². The number of thioether (sulfide) groups is 1. The molecule has 1 unspecified atom stereocenters. The number of para-hydroxylation sites is 1. The molecular weight excluding hydrogens is 424 g/mol. The number of nitriles is 1. The maximum Gasteiger partial charge on any atom is 0.254 e. The Hall–Kier alpha value is -3.57. The second-order valence-corrected chi connectivity index (χ2v) is 8.11. The molecule has 1 aliphatic heterocycles. The van der Waals surface area contributed by atoms with E-state index < -0.39 is 17.7 Å². The summed E-state index contributed by atoms with van der Waals surface area (Å²) in [5.74, 6) is -1.42. The Morgan fingerprint density at radius 3 is 2.47 bits per heavy atom. The summed E-state index contributed by atoms with van der Waals surface area (Å²) >= 11 is 1.13. The van der Waals surface area contributed by atoms with Crippen LogP contribution in [0, 0.1) is 17.2 Å². The van der Waals surface area contributed by atoms with Crippen molar-refractivity contribution < 1.29 is 14.3 Å². The lowest BCUT2D eigenvalue weighted by Gasteiger charge is -2.30. The summed E-state index contributed by atoms with van der Waals surface area (Å²) in [5.41, 5.74) is 7.63. The topological polar surface area (TPSA) is 118 Å². The van der Waals surface area contributed by atoms with Gasteiger partial charge in [0, 0.05) is 22.9 Å². The number of nitrogens with zero attached hydrogens (tertiary/aromatic N) is 2. The third-order valence-corrected chi connectivity index (χ3v) is 5.98. The molecule has 8 heteroatoms. The first kappa shape index (κ1) is 23.1. The molecule has 0 aliphatic carbocycles. The molecule has 32 heavy (non-hydrogen) atoms. The Bertz CT molecular complexity index is 1090. The molecule has 2 amide bonds. The molecule has 7 nitrogen and oxygen atoms in total. The first-order valence-electron chi connectivity index (χ1n) is 10.1. The van der Waals surface area contributed by atoms with Gasteiger partial charge in [-0.15, -0.1) is 0 Å². The molecule has 0 saturated heterocycles. The Balaban J connectivity index is 2.04. The van der Waals surface area contributed by atoms with Gasteiger partial charge in [-0.3, -0.25) is 9.59 Å². The number of primary amides is 1. The molecule has 2 aromatic carbocycles. The molecule has 1 aliphatic rings. The van der Waals surface area contributed by atoms with E-state index in [1.165, 1.54) is 0 Å². The molecule has 3 N–H and O–H groups in total. The van der Waals surface area contributed by atoms with E-state index in [4.69, 9.17) is 10.5 Å². The highest BCUT2D eigenvalue weighted by molar-refractivity contribution is 8.14. The molecule has 0 radical (unpaired) electrons. The summed E-state index contributed by atoms with van der Waals surface area (Å²) in [6, 6.07) is 18.7. The highest BCUT2D eigenvalue weighted by atomic mass is 32.2. The molecule has 0 spiro atoms. The molecule has 0 aromatic heterocycles. The van der Waals surface area contributed by atoms with E-state index in [-0.39, 0.29) is 11.7 Å². The number of nitrogens with one attached hydrogen (secondary N) is 1. The molecule has 2 atom stereocenters. The fourth-order valence-electron chi connectivity index (χ4n) is 3.55. The predicted octanol–water partition coefficient (Wildman–Crippen LogP) is 3.85. The molecule has 2 aromatic rings. The van der Waals surface area contributed by atoms with E-state index >= 15 is 0 Å². The van der Waals surface area contributed by atoms with Gasteiger partial charge < -0.3 is 15.8 Å². The van der Waals surface area contributed by atoms with Crippen LogP contribution >= 0.6 is 11.8 Å². The van der Waals surface area contributed by atoms with Crippen molar-refractivity contribution in [1.29, 1.82) is 5.26 Å². The van der Waals surface area contributed by atoms with E-state index in [0.717, 1.165) is 17.3 Å². The van der Waals surface area contributed by atoms with E-state index in [0.29, 0.717) is 34.4 Å². The SMILES string of the molecule is CCOc1ccc([C@H]2C(C(=O)Nc3ccccc3)=C(C)N=C(SCC(N)=O)C2C#N)cc1. The Kier molecular flexibility index (Phi) is 7.68. The van der Waals surface area contributed by atoms with Crippen molar-refractivity contribution in [2.45, 2.75) is 19.8 Å². The largest absolute Gasteiger partial charge is 0.494 e. The summed E-state index contributed by atoms with van der Waals surface area (Å²) in [5, 5.41) is 13.4. The summed E-state index contributed by atoms with van der Waals surface area (Å²) < 4.78 is 5.53. The molecule has 164 valence electrons. The average Bonchev–Trinajstić information content (AvgIpc) is 2.78. The lowest BCUT2D eigenvalue weighted by Crippen LogP contribution is -2.32. The highest BCUT2D eigenvalue weighted by Gasteiger charge is 2.39. The van der Waals surface area contributed by atoms with E-state index in [9.17, 15) is 14.9 Å². The molecule has 3 rings (SSSR count). The van der Waals surface area contributed by atoms with Gasteiger partial charge in [0.25, 0.3) is 5.91 Å². The van der Waals surface area contributed by atoms with Crippen LogP contribution in [0.25, 0.3) is 0 Å². The van der Waals surface area contributed by atoms with E-state index in [1.54, 1.807) is 19.1 Å². The van der Waals surface area contributed by atoms with Crippen LogP contribution in [0.1, 0.15) is 25.3 Å². The van der Waals surface area contributed by atoms with Crippen LogP contribution < -0.4 is 15.8 Å². The first-order valence-corrected chi connectivity index (χ1v) is 11.1. The molecule has 0 bridgehead atoms. The Morgan fingerprint density at radius 2 is 1.88 bits per heavy atom. The van der Waals surface area contributed by atoms with Crippen LogP contribution in [0.3, 0.4) is 0 Å². The summed E-state index contributed by atoms with van der Waals surface area (Å²) in [6.45, 7) is 4.17. The highest BCUT2D eigenvalue weighted by Crippen LogP contribution is 2.41. The fraction of sp³-hybridized carbons (Fsp3) is 0.250. The van der Waals surface area contributed by atoms with Crippen molar-refractivity contribution in [1.82, 2.24) is 0 Å². The number of hydrogen-bond donors (Lipinski definition) is 2. The minimum atomic E-state index is -0.738. The van der Waals surface area contributed by atoms with Crippen molar-refractivity contribution >= 4 is 34.3 Å². The third-order valence-electron chi connectivity index (χ3n) is 4.91. The fourth-order valence-corrected chi connectivity index (χ4v) is 4.41. The van der Waals surface area contributed by atoms with E-state index in [2.05, 4.69) is 16.4 Å². The van der Waals surface area contributed by atoms with Gasteiger partial charge in [0.15, 0.2) is 0 Å². The molecule has 1 heterocycles. The number of nitrogens with two attached hydrogens (primary N) is 1. The second-order valence-electron chi connectivity index (χ2n) is 7.11. The van der Waals surface area contributed by atoms with Crippen molar-refractivity contribution in [3.63, 3.8) is 0 Å². The number of ether oxygens (including phenoxy) is 1. The van der Waals surface area contributed by atoms with Crippen molar-refractivity contribution in [2.24, 2.45) is 16.6 Å². The van der Waals surface area contributed by atoms with Gasteiger partial charge in [-0.25, -0.2) is 4.99 Å². The molecular formula is C24H24N4O3S. The van der Waals surface area contributed by atoms with Crippen LogP contribution in [0.15, 0.2) is 70.9 Å². The van der Waals surface area contributed by atoms with Crippen molar-refractivity contribution in [3.05, 3.63) is 71.4 Å². The maximum atomic E-state index is 13.3. The summed E-state index contributed by atoms with van der Waals surface area (Å²) in [7, 11) is 0. The molecule has 0 saturated carbocycles. The zero-order valence-corrected chi connectivity index (χ0v) is 18.7. The van der Waals surface area contributed by atoms with Crippen LogP contribution in [-0.4, -0.2) is 29.2 Å². The van der Waals surface area contributed by atoms with Gasteiger partial charge >= 0.3 is 0 Å². The van der Waals surface area contributed by atoms with Crippen LogP contribution in [-0.2, 0) is 9.59 Å². The smallest absolute Gasteiger partial charge is 0.254 e. The zero-order valence-electron chi connectivity index (χ0n) is 17.9. The van der Waals surface area contributed by atoms with Gasteiger partial charge in [-0.2, -0.15) is 5.26 Å². The average molecular weight is 449 g/mol. The third kappa shape index (κ3) is 5.37. The predicted molar refractivity (Wildman–Crippen MR) is 126 cm³/mol. The monoisotopic (exact) mass is 448 g/mol. The van der Waals surface area contributed by atoms with Crippen molar-refractivity contribution in [2.75, 3.05) is 17.7 Å². The van der Waals surface area contributed by atoms with Crippen LogP contribution in [0.5, 0.6) is 5.75 Å². The Morgan fingerprint density at radius 1 is 1.19 bits per heavy atom. The number of aliphatic imine (C=N–C) groups is 1. The standard InChI is InChI=1S/C24H24N4O3S/c1-3-31-18-11-9-16(10-12-18)22-19(13-25)24(32-14-20(26)29)27-15(2)21(22)23(30)28-17-7-5-4-6-8-17/h4-12,19,22H,3,14H2,1-2H3,(H2,26,29)(H,28,30)/t19?,22-/m1/s1. The van der Waals surface area contributed by atoms with Gasteiger partial charge in [0.2, 0.25) is 5.91 Å². The number of benzene rings is 2. The number of allylic oxidation sites excluding steroid dienone is 1. The van der Waals surface area contributed by atoms with Crippen LogP contribution in [0.2, 0.25) is 0 Å². The molecule has 0 fully saturated rings. The minimum absolute atomic E-state index is 0.00579. The van der Waals surface area contributed by atoms with Gasteiger partial charge in [-0.1, -0.05) is 42.1 Å². The number of anilines is 1. The second kappa shape index (κ2) is 10.6. The number of carbonyl (C=O) groups is 2. The first-order chi connectivity index (χ1) is 15.4. The minimum Gasteiger partial charge on any atom is -0.494 e. The maximum absolute atomic E-state index is 13.3. The number of rotatable bonds is 7. The normalized spacial score (nSPS) is 17.8. The van der Waals surface area contributed by atoms with Crippen molar-refractivity contribution in [3.8, 4) is 11.8 Å². The van der Waals surface area contributed by atoms with Gasteiger partial charge in [0.05, 0.1) is 23.5 Å². The zero-order chi connectivity index (χ0) is 23.1. The summed E-state index contributed by atoms with van der Waals surface area (Å²) in [4.78, 5) is 29.1. The quantitative estimate of drug-likeness (QED) is 0.667.